The fraction of sp³-hybridized carbons (Fsp3) is 0.375. The third-order valence-corrected chi connectivity index (χ3v) is 3.57. The van der Waals surface area contributed by atoms with E-state index in [2.05, 4.69) is 20.8 Å². The molecular formula is C16H18N4O3. The molecule has 1 aliphatic heterocycles. The maximum Gasteiger partial charge on any atom is 0.268 e. The Morgan fingerprint density at radius 2 is 2.26 bits per heavy atom. The fourth-order valence-electron chi connectivity index (χ4n) is 2.31. The minimum absolute atomic E-state index is 0.0364. The minimum Gasteiger partial charge on any atom is -0.440 e. The summed E-state index contributed by atoms with van der Waals surface area (Å²) in [5.41, 5.74) is 5.14. The van der Waals surface area contributed by atoms with E-state index >= 15 is 0 Å². The molecule has 1 aliphatic rings. The van der Waals surface area contributed by atoms with Gasteiger partial charge in [-0.15, -0.1) is 0 Å². The van der Waals surface area contributed by atoms with Gasteiger partial charge in [-0.2, -0.15) is 5.10 Å². The summed E-state index contributed by atoms with van der Waals surface area (Å²) in [7, 11) is 0. The molecule has 2 N–H and O–H groups in total. The van der Waals surface area contributed by atoms with Crippen molar-refractivity contribution < 1.29 is 14.0 Å². The molecule has 7 nitrogen and oxygen atoms in total. The summed E-state index contributed by atoms with van der Waals surface area (Å²) in [6.45, 7) is 4.53. The van der Waals surface area contributed by atoms with Crippen LogP contribution in [0, 0.1) is 0 Å². The number of rotatable bonds is 5. The van der Waals surface area contributed by atoms with E-state index in [1.54, 1.807) is 0 Å². The van der Waals surface area contributed by atoms with Crippen molar-refractivity contribution in [3.63, 3.8) is 0 Å². The normalized spacial score (nSPS) is 14.2. The number of fused-ring (bicyclic) bond motifs is 1. The molecule has 1 aromatic carbocycles. The Hall–Kier alpha value is -2.70. The Kier molecular flexibility index (Phi) is 4.10. The predicted molar refractivity (Wildman–Crippen MR) is 85.0 cm³/mol. The monoisotopic (exact) mass is 314 g/mol. The van der Waals surface area contributed by atoms with E-state index in [0.29, 0.717) is 13.0 Å². The molecule has 0 atom stereocenters. The van der Waals surface area contributed by atoms with E-state index in [4.69, 9.17) is 4.42 Å². The first-order valence-corrected chi connectivity index (χ1v) is 7.56. The highest BCUT2D eigenvalue weighted by molar-refractivity contribution is 6.43. The van der Waals surface area contributed by atoms with Gasteiger partial charge >= 0.3 is 0 Å². The minimum atomic E-state index is -0.312. The lowest BCUT2D eigenvalue weighted by molar-refractivity contribution is -0.120. The summed E-state index contributed by atoms with van der Waals surface area (Å²) in [6, 6.07) is 5.83. The molecule has 120 valence electrons. The standard InChI is InChI=1S/C16H18N4O3/c1-9(2)16-18-11-7-10(3-4-13(11)23-16)5-6-17-15(22)12-8-14(21)20-19-12/h3-4,7,9H,5-6,8H2,1-2H3,(H,17,22)(H,20,21). The summed E-state index contributed by atoms with van der Waals surface area (Å²) < 4.78 is 5.67. The van der Waals surface area contributed by atoms with Crippen LogP contribution in [0.15, 0.2) is 27.7 Å². The lowest BCUT2D eigenvalue weighted by Gasteiger charge is -2.04. The zero-order chi connectivity index (χ0) is 16.4. The molecule has 0 unspecified atom stereocenters. The summed E-state index contributed by atoms with van der Waals surface area (Å²) >= 11 is 0. The number of benzene rings is 1. The van der Waals surface area contributed by atoms with E-state index < -0.39 is 0 Å². The third-order valence-electron chi connectivity index (χ3n) is 3.57. The van der Waals surface area contributed by atoms with E-state index in [0.717, 1.165) is 22.6 Å². The van der Waals surface area contributed by atoms with Crippen molar-refractivity contribution in [3.8, 4) is 0 Å². The van der Waals surface area contributed by atoms with Crippen molar-refractivity contribution in [1.82, 2.24) is 15.7 Å². The molecule has 1 aromatic heterocycles. The number of hydrogen-bond acceptors (Lipinski definition) is 5. The molecule has 2 heterocycles. The van der Waals surface area contributed by atoms with Crippen LogP contribution < -0.4 is 10.7 Å². The Bertz CT molecular complexity index is 792. The number of aromatic nitrogens is 1. The summed E-state index contributed by atoms with van der Waals surface area (Å²) in [5.74, 6) is 0.399. The van der Waals surface area contributed by atoms with E-state index in [9.17, 15) is 9.59 Å². The molecule has 7 heteroatoms. The van der Waals surface area contributed by atoms with Gasteiger partial charge in [0.05, 0.1) is 6.42 Å². The van der Waals surface area contributed by atoms with Crippen molar-refractivity contribution >= 4 is 28.6 Å². The summed E-state index contributed by atoms with van der Waals surface area (Å²) in [5, 5.41) is 6.44. The highest BCUT2D eigenvalue weighted by Gasteiger charge is 2.20. The van der Waals surface area contributed by atoms with Crippen LogP contribution >= 0.6 is 0 Å². The van der Waals surface area contributed by atoms with Crippen molar-refractivity contribution in [2.45, 2.75) is 32.6 Å². The maximum absolute atomic E-state index is 11.8. The van der Waals surface area contributed by atoms with Crippen LogP contribution in [0.2, 0.25) is 0 Å². The number of nitrogens with one attached hydrogen (secondary N) is 2. The molecule has 0 saturated carbocycles. The highest BCUT2D eigenvalue weighted by atomic mass is 16.3. The number of hydrogen-bond donors (Lipinski definition) is 2. The van der Waals surface area contributed by atoms with E-state index in [1.807, 2.05) is 32.0 Å². The molecule has 23 heavy (non-hydrogen) atoms. The highest BCUT2D eigenvalue weighted by Crippen LogP contribution is 2.22. The Morgan fingerprint density at radius 1 is 1.43 bits per heavy atom. The van der Waals surface area contributed by atoms with Gasteiger partial charge in [-0.3, -0.25) is 9.59 Å². The average Bonchev–Trinajstić information content (AvgIpc) is 3.12. The first-order valence-electron chi connectivity index (χ1n) is 7.56. The molecule has 0 spiro atoms. The summed E-state index contributed by atoms with van der Waals surface area (Å²) in [6.07, 6.45) is 0.703. The number of oxazole rings is 1. The van der Waals surface area contributed by atoms with Crippen molar-refractivity contribution in [3.05, 3.63) is 29.7 Å². The SMILES string of the molecule is CC(C)c1nc2cc(CCNC(=O)C3=NNC(=O)C3)ccc2o1. The molecule has 0 radical (unpaired) electrons. The molecule has 0 saturated heterocycles. The van der Waals surface area contributed by atoms with Gasteiger partial charge in [0.15, 0.2) is 11.5 Å². The van der Waals surface area contributed by atoms with Gasteiger partial charge in [0.1, 0.15) is 11.2 Å². The van der Waals surface area contributed by atoms with Crippen molar-refractivity contribution in [2.75, 3.05) is 6.54 Å². The van der Waals surface area contributed by atoms with Crippen LogP contribution in [0.4, 0.5) is 0 Å². The Labute approximate surface area is 133 Å². The maximum atomic E-state index is 11.8. The number of hydrazone groups is 1. The molecule has 2 amide bonds. The molecule has 0 fully saturated rings. The largest absolute Gasteiger partial charge is 0.440 e. The van der Waals surface area contributed by atoms with Gasteiger partial charge in [-0.1, -0.05) is 19.9 Å². The lowest BCUT2D eigenvalue weighted by atomic mass is 10.1. The van der Waals surface area contributed by atoms with Crippen LogP contribution in [0.1, 0.15) is 37.6 Å². The average molecular weight is 314 g/mol. The first kappa shape index (κ1) is 15.2. The van der Waals surface area contributed by atoms with E-state index in [-0.39, 0.29) is 29.9 Å². The van der Waals surface area contributed by atoms with Gasteiger partial charge in [0.25, 0.3) is 5.91 Å². The number of amides is 2. The molecule has 0 aliphatic carbocycles. The second kappa shape index (κ2) is 6.20. The van der Waals surface area contributed by atoms with Gasteiger partial charge < -0.3 is 9.73 Å². The predicted octanol–water partition coefficient (Wildman–Crippen LogP) is 1.49. The molecule has 3 rings (SSSR count). The fourth-order valence-corrected chi connectivity index (χ4v) is 2.31. The quantitative estimate of drug-likeness (QED) is 0.873. The van der Waals surface area contributed by atoms with Crippen LogP contribution in [-0.2, 0) is 16.0 Å². The third kappa shape index (κ3) is 3.39. The van der Waals surface area contributed by atoms with Gasteiger partial charge in [0.2, 0.25) is 5.91 Å². The zero-order valence-corrected chi connectivity index (χ0v) is 13.0. The van der Waals surface area contributed by atoms with Crippen LogP contribution in [0.5, 0.6) is 0 Å². The van der Waals surface area contributed by atoms with Crippen molar-refractivity contribution in [1.29, 1.82) is 0 Å². The lowest BCUT2D eigenvalue weighted by Crippen LogP contribution is -2.32. The van der Waals surface area contributed by atoms with Gasteiger partial charge in [-0.25, -0.2) is 10.4 Å². The number of carbonyl (C=O) groups excluding carboxylic acids is 2. The first-order chi connectivity index (χ1) is 11.0. The summed E-state index contributed by atoms with van der Waals surface area (Å²) in [4.78, 5) is 27.3. The zero-order valence-electron chi connectivity index (χ0n) is 13.0. The van der Waals surface area contributed by atoms with Crippen molar-refractivity contribution in [2.24, 2.45) is 5.10 Å². The Morgan fingerprint density at radius 3 is 2.96 bits per heavy atom. The number of carbonyl (C=O) groups is 2. The topological polar surface area (TPSA) is 96.6 Å². The smallest absolute Gasteiger partial charge is 0.268 e. The van der Waals surface area contributed by atoms with Crippen LogP contribution in [0.25, 0.3) is 11.1 Å². The molecule has 2 aromatic rings. The van der Waals surface area contributed by atoms with E-state index in [1.165, 1.54) is 0 Å². The molecular weight excluding hydrogens is 296 g/mol. The number of nitrogens with zero attached hydrogens (tertiary/aromatic N) is 2. The molecule has 0 bridgehead atoms. The van der Waals surface area contributed by atoms with Crippen LogP contribution in [-0.4, -0.2) is 29.1 Å². The second-order valence-corrected chi connectivity index (χ2v) is 5.79. The van der Waals surface area contributed by atoms with Gasteiger partial charge in [0, 0.05) is 12.5 Å². The van der Waals surface area contributed by atoms with Crippen LogP contribution in [0.3, 0.4) is 0 Å². The second-order valence-electron chi connectivity index (χ2n) is 5.79. The van der Waals surface area contributed by atoms with Gasteiger partial charge in [-0.05, 0) is 24.1 Å². The Balaban J connectivity index is 1.59.